The summed E-state index contributed by atoms with van der Waals surface area (Å²) >= 11 is 0. The van der Waals surface area contributed by atoms with E-state index >= 15 is 0 Å². The molecule has 0 N–H and O–H groups in total. The number of hydrogen-bond acceptors (Lipinski definition) is 5. The number of hydrogen-bond donors (Lipinski definition) is 0. The number of rotatable bonds is 6. The maximum Gasteiger partial charge on any atom is 0.276 e. The van der Waals surface area contributed by atoms with Gasteiger partial charge < -0.3 is 14.3 Å². The molecule has 1 aromatic heterocycles. The molecule has 0 radical (unpaired) electrons. The second-order valence-electron chi connectivity index (χ2n) is 6.97. The predicted octanol–water partition coefficient (Wildman–Crippen LogP) is 2.22. The molecule has 134 valence electrons. The largest absolute Gasteiger partial charge is 0.359 e. The summed E-state index contributed by atoms with van der Waals surface area (Å²) in [5, 5.41) is 4.05. The fourth-order valence-corrected chi connectivity index (χ4v) is 3.86. The summed E-state index contributed by atoms with van der Waals surface area (Å²) < 4.78 is 5.44. The van der Waals surface area contributed by atoms with Crippen LogP contribution in [0.25, 0.3) is 0 Å². The Hall–Kier alpha value is -1.40. The minimum absolute atomic E-state index is 0.0387. The summed E-state index contributed by atoms with van der Waals surface area (Å²) in [6, 6.07) is 2.22. The van der Waals surface area contributed by atoms with Gasteiger partial charge in [0.15, 0.2) is 11.5 Å². The van der Waals surface area contributed by atoms with Gasteiger partial charge in [-0.25, -0.2) is 0 Å². The number of likely N-dealkylation sites (tertiary alicyclic amines) is 1. The van der Waals surface area contributed by atoms with Crippen LogP contribution in [0.3, 0.4) is 0 Å². The summed E-state index contributed by atoms with van der Waals surface area (Å²) in [6.07, 6.45) is 4.41. The average molecular weight is 334 g/mol. The molecule has 6 nitrogen and oxygen atoms in total. The Morgan fingerprint density at radius 3 is 2.67 bits per heavy atom. The van der Waals surface area contributed by atoms with Gasteiger partial charge in [0.05, 0.1) is 6.54 Å². The van der Waals surface area contributed by atoms with Crippen LogP contribution in [-0.4, -0.2) is 71.1 Å². The Kier molecular flexibility index (Phi) is 5.89. The van der Waals surface area contributed by atoms with Gasteiger partial charge in [-0.05, 0) is 25.8 Å². The van der Waals surface area contributed by atoms with Gasteiger partial charge in [0.1, 0.15) is 0 Å². The van der Waals surface area contributed by atoms with Gasteiger partial charge in [-0.2, -0.15) is 0 Å². The molecule has 1 atom stereocenters. The number of piperazine rings is 1. The highest BCUT2D eigenvalue weighted by Gasteiger charge is 2.30. The highest BCUT2D eigenvalue weighted by atomic mass is 16.5. The summed E-state index contributed by atoms with van der Waals surface area (Å²) in [5.74, 6) is 0.839. The third-order valence-electron chi connectivity index (χ3n) is 5.33. The van der Waals surface area contributed by atoms with Crippen LogP contribution < -0.4 is 0 Å². The first-order chi connectivity index (χ1) is 11.7. The molecule has 0 bridgehead atoms. The Morgan fingerprint density at radius 1 is 1.21 bits per heavy atom. The molecular formula is C18H30N4O2. The summed E-state index contributed by atoms with van der Waals surface area (Å²) in [6.45, 7) is 11.4. The van der Waals surface area contributed by atoms with Gasteiger partial charge in [0.25, 0.3) is 5.91 Å². The second-order valence-corrected chi connectivity index (χ2v) is 6.97. The molecular weight excluding hydrogens is 304 g/mol. The number of carbonyl (C=O) groups is 1. The fourth-order valence-electron chi connectivity index (χ4n) is 3.86. The van der Waals surface area contributed by atoms with E-state index in [1.54, 1.807) is 0 Å². The van der Waals surface area contributed by atoms with E-state index in [-0.39, 0.29) is 5.91 Å². The molecule has 0 aromatic carbocycles. The monoisotopic (exact) mass is 334 g/mol. The minimum atomic E-state index is 0.0387. The van der Waals surface area contributed by atoms with Crippen LogP contribution in [0.4, 0.5) is 0 Å². The topological polar surface area (TPSA) is 52.8 Å². The normalized spacial score (nSPS) is 23.1. The van der Waals surface area contributed by atoms with E-state index in [1.807, 2.05) is 11.0 Å². The molecule has 2 fully saturated rings. The molecule has 2 saturated heterocycles. The van der Waals surface area contributed by atoms with E-state index in [2.05, 4.69) is 28.8 Å². The molecule has 2 aliphatic heterocycles. The number of amides is 1. The lowest BCUT2D eigenvalue weighted by Gasteiger charge is -2.33. The van der Waals surface area contributed by atoms with Crippen LogP contribution in [0.1, 0.15) is 55.8 Å². The molecule has 2 aliphatic rings. The van der Waals surface area contributed by atoms with Crippen molar-refractivity contribution >= 4 is 5.91 Å². The zero-order valence-electron chi connectivity index (χ0n) is 15.0. The molecule has 1 aromatic rings. The fraction of sp³-hybridized carbons (Fsp3) is 0.778. The molecule has 1 amide bonds. The standard InChI is InChI=1S/C18H30N4O2/c1-3-6-15-7-5-8-22(15)18(23)17-13-16(24-19-17)14-21-11-9-20(4-2)10-12-21/h13,15H,3-12,14H2,1-2H3/t15-/m0/s1. The van der Waals surface area contributed by atoms with E-state index < -0.39 is 0 Å². The highest BCUT2D eigenvalue weighted by Crippen LogP contribution is 2.23. The molecule has 0 aliphatic carbocycles. The highest BCUT2D eigenvalue weighted by molar-refractivity contribution is 5.92. The number of aromatic nitrogens is 1. The second kappa shape index (κ2) is 8.12. The van der Waals surface area contributed by atoms with E-state index in [9.17, 15) is 4.79 Å². The lowest BCUT2D eigenvalue weighted by Crippen LogP contribution is -2.45. The molecule has 0 unspecified atom stereocenters. The summed E-state index contributed by atoms with van der Waals surface area (Å²) in [7, 11) is 0. The Balaban J connectivity index is 1.56. The Bertz CT molecular complexity index is 537. The Morgan fingerprint density at radius 2 is 1.96 bits per heavy atom. The van der Waals surface area contributed by atoms with Crippen molar-refractivity contribution in [2.45, 2.75) is 52.1 Å². The van der Waals surface area contributed by atoms with E-state index in [0.29, 0.717) is 11.7 Å². The smallest absolute Gasteiger partial charge is 0.276 e. The third kappa shape index (κ3) is 3.98. The first kappa shape index (κ1) is 17.4. The van der Waals surface area contributed by atoms with Crippen LogP contribution in [0, 0.1) is 0 Å². The molecule has 3 heterocycles. The van der Waals surface area contributed by atoms with Crippen LogP contribution in [-0.2, 0) is 6.54 Å². The first-order valence-corrected chi connectivity index (χ1v) is 9.42. The van der Waals surface area contributed by atoms with E-state index in [4.69, 9.17) is 4.52 Å². The maximum atomic E-state index is 12.7. The molecule has 3 rings (SSSR count). The number of nitrogens with zero attached hydrogens (tertiary/aromatic N) is 4. The molecule has 24 heavy (non-hydrogen) atoms. The van der Waals surface area contributed by atoms with E-state index in [1.165, 1.54) is 0 Å². The number of carbonyl (C=O) groups excluding carboxylic acids is 1. The van der Waals surface area contributed by atoms with Crippen molar-refractivity contribution in [3.05, 3.63) is 17.5 Å². The van der Waals surface area contributed by atoms with Gasteiger partial charge >= 0.3 is 0 Å². The quantitative estimate of drug-likeness (QED) is 0.798. The van der Waals surface area contributed by atoms with E-state index in [0.717, 1.165) is 77.3 Å². The van der Waals surface area contributed by atoms with Crippen molar-refractivity contribution in [2.24, 2.45) is 0 Å². The van der Waals surface area contributed by atoms with Gasteiger partial charge in [0, 0.05) is 44.8 Å². The predicted molar refractivity (Wildman–Crippen MR) is 92.9 cm³/mol. The zero-order valence-corrected chi connectivity index (χ0v) is 15.0. The minimum Gasteiger partial charge on any atom is -0.359 e. The van der Waals surface area contributed by atoms with Gasteiger partial charge in [-0.1, -0.05) is 25.4 Å². The van der Waals surface area contributed by atoms with Crippen LogP contribution in [0.2, 0.25) is 0 Å². The van der Waals surface area contributed by atoms with Crippen LogP contribution in [0.15, 0.2) is 10.6 Å². The van der Waals surface area contributed by atoms with Crippen molar-refractivity contribution in [3.8, 4) is 0 Å². The SMILES string of the molecule is CCC[C@H]1CCCN1C(=O)c1cc(CN2CCN(CC)CC2)on1. The zero-order chi connectivity index (χ0) is 16.9. The van der Waals surface area contributed by atoms with Gasteiger partial charge in [0.2, 0.25) is 0 Å². The van der Waals surface area contributed by atoms with Crippen molar-refractivity contribution in [2.75, 3.05) is 39.3 Å². The lowest BCUT2D eigenvalue weighted by molar-refractivity contribution is 0.0719. The van der Waals surface area contributed by atoms with Crippen molar-refractivity contribution in [1.29, 1.82) is 0 Å². The third-order valence-corrected chi connectivity index (χ3v) is 5.33. The first-order valence-electron chi connectivity index (χ1n) is 9.42. The lowest BCUT2D eigenvalue weighted by atomic mass is 10.1. The molecule has 0 saturated carbocycles. The van der Waals surface area contributed by atoms with Gasteiger partial charge in [-0.3, -0.25) is 9.69 Å². The Labute approximate surface area is 144 Å². The average Bonchev–Trinajstić information content (AvgIpc) is 3.25. The van der Waals surface area contributed by atoms with Crippen molar-refractivity contribution < 1.29 is 9.32 Å². The summed E-state index contributed by atoms with van der Waals surface area (Å²) in [4.78, 5) is 19.5. The van der Waals surface area contributed by atoms with Gasteiger partial charge in [-0.15, -0.1) is 0 Å². The van der Waals surface area contributed by atoms with Crippen molar-refractivity contribution in [1.82, 2.24) is 19.9 Å². The van der Waals surface area contributed by atoms with Crippen LogP contribution in [0.5, 0.6) is 0 Å². The maximum absolute atomic E-state index is 12.7. The molecule has 6 heteroatoms. The van der Waals surface area contributed by atoms with Crippen LogP contribution >= 0.6 is 0 Å². The van der Waals surface area contributed by atoms with Crippen molar-refractivity contribution in [3.63, 3.8) is 0 Å². The number of likely N-dealkylation sites (N-methyl/N-ethyl adjacent to an activating group) is 1. The summed E-state index contributed by atoms with van der Waals surface area (Å²) in [5.41, 5.74) is 0.472. The molecule has 0 spiro atoms.